The first kappa shape index (κ1) is 18.7. The van der Waals surface area contributed by atoms with Crippen LogP contribution in [0.3, 0.4) is 0 Å². The lowest BCUT2D eigenvalue weighted by molar-refractivity contribution is 0.0756. The number of aliphatic hydroxyl groups is 1. The van der Waals surface area contributed by atoms with Crippen LogP contribution in [0.4, 0.5) is 4.79 Å². The van der Waals surface area contributed by atoms with E-state index < -0.39 is 0 Å². The van der Waals surface area contributed by atoms with Gasteiger partial charge in [0.2, 0.25) is 0 Å². The molecular weight excluding hydrogens is 304 g/mol. The molecule has 0 aliphatic carbocycles. The molecule has 0 radical (unpaired) electrons. The second-order valence-corrected chi connectivity index (χ2v) is 6.80. The third-order valence-corrected chi connectivity index (χ3v) is 4.56. The van der Waals surface area contributed by atoms with Crippen molar-refractivity contribution in [3.05, 3.63) is 35.9 Å². The van der Waals surface area contributed by atoms with Crippen LogP contribution in [0.5, 0.6) is 0 Å². The molecule has 1 aliphatic rings. The van der Waals surface area contributed by atoms with Crippen molar-refractivity contribution in [2.75, 3.05) is 19.7 Å². The summed E-state index contributed by atoms with van der Waals surface area (Å²) < 4.78 is 5.41. The fourth-order valence-corrected chi connectivity index (χ4v) is 3.32. The molecule has 1 heterocycles. The van der Waals surface area contributed by atoms with Gasteiger partial charge in [-0.2, -0.15) is 0 Å². The number of carbonyl (C=O) groups is 1. The Morgan fingerprint density at radius 2 is 1.96 bits per heavy atom. The zero-order valence-corrected chi connectivity index (χ0v) is 14.8. The van der Waals surface area contributed by atoms with Crippen molar-refractivity contribution in [3.63, 3.8) is 0 Å². The second kappa shape index (κ2) is 9.64. The minimum absolute atomic E-state index is 0.198. The van der Waals surface area contributed by atoms with Gasteiger partial charge in [-0.3, -0.25) is 0 Å². The van der Waals surface area contributed by atoms with Crippen LogP contribution < -0.4 is 5.32 Å². The van der Waals surface area contributed by atoms with Crippen molar-refractivity contribution < 1.29 is 14.6 Å². The molecule has 1 unspecified atom stereocenters. The van der Waals surface area contributed by atoms with Gasteiger partial charge in [0.05, 0.1) is 0 Å². The lowest BCUT2D eigenvalue weighted by atomic mass is 9.87. The molecule has 24 heavy (non-hydrogen) atoms. The number of benzene rings is 1. The van der Waals surface area contributed by atoms with Gasteiger partial charge in [-0.05, 0) is 30.7 Å². The molecule has 5 nitrogen and oxygen atoms in total. The molecule has 0 saturated carbocycles. The maximum absolute atomic E-state index is 12.2. The Kier molecular flexibility index (Phi) is 7.53. The Morgan fingerprint density at radius 1 is 1.29 bits per heavy atom. The predicted molar refractivity (Wildman–Crippen MR) is 94.7 cm³/mol. The van der Waals surface area contributed by atoms with E-state index in [2.05, 4.69) is 19.2 Å². The molecule has 1 fully saturated rings. The summed E-state index contributed by atoms with van der Waals surface area (Å²) in [6, 6.07) is 10.5. The summed E-state index contributed by atoms with van der Waals surface area (Å²) in [7, 11) is 0. The Morgan fingerprint density at radius 3 is 2.54 bits per heavy atom. The Bertz CT molecular complexity index is 485. The summed E-state index contributed by atoms with van der Waals surface area (Å²) in [5.74, 6) is 0.498. The number of likely N-dealkylation sites (tertiary alicyclic amines) is 1. The molecule has 5 heteroatoms. The monoisotopic (exact) mass is 334 g/mol. The van der Waals surface area contributed by atoms with Crippen molar-refractivity contribution in [2.24, 2.45) is 5.92 Å². The van der Waals surface area contributed by atoms with Crippen molar-refractivity contribution in [2.45, 2.75) is 51.8 Å². The molecule has 2 rings (SSSR count). The van der Waals surface area contributed by atoms with Gasteiger partial charge in [0.15, 0.2) is 0 Å². The summed E-state index contributed by atoms with van der Waals surface area (Å²) in [6.07, 6.45) is 2.43. The van der Waals surface area contributed by atoms with Gasteiger partial charge < -0.3 is 20.1 Å². The van der Waals surface area contributed by atoms with Crippen molar-refractivity contribution in [3.8, 4) is 0 Å². The van der Waals surface area contributed by atoms with Crippen LogP contribution in [0.25, 0.3) is 0 Å². The zero-order valence-electron chi connectivity index (χ0n) is 14.8. The number of hydrogen-bond acceptors (Lipinski definition) is 4. The number of carbonyl (C=O) groups excluding carboxylic acids is 1. The number of nitrogens with one attached hydrogen (secondary N) is 1. The van der Waals surface area contributed by atoms with E-state index in [1.165, 1.54) is 0 Å². The molecule has 0 aromatic heterocycles. The third kappa shape index (κ3) is 5.80. The largest absolute Gasteiger partial charge is 0.445 e. The quantitative estimate of drug-likeness (QED) is 0.805. The van der Waals surface area contributed by atoms with E-state index in [0.717, 1.165) is 37.9 Å². The lowest BCUT2D eigenvalue weighted by Gasteiger charge is -2.36. The summed E-state index contributed by atoms with van der Waals surface area (Å²) in [5, 5.41) is 12.8. The minimum atomic E-state index is -0.229. The van der Waals surface area contributed by atoms with Crippen LogP contribution >= 0.6 is 0 Å². The number of nitrogens with zero attached hydrogens (tertiary/aromatic N) is 1. The summed E-state index contributed by atoms with van der Waals surface area (Å²) in [5.41, 5.74) is 1.00. The van der Waals surface area contributed by atoms with Gasteiger partial charge in [0.1, 0.15) is 6.61 Å². The highest BCUT2D eigenvalue weighted by atomic mass is 16.6. The molecule has 1 aliphatic heterocycles. The second-order valence-electron chi connectivity index (χ2n) is 6.80. The first-order chi connectivity index (χ1) is 11.6. The van der Waals surface area contributed by atoms with Crippen LogP contribution in [-0.4, -0.2) is 47.9 Å². The highest BCUT2D eigenvalue weighted by Crippen LogP contribution is 2.23. The molecule has 1 saturated heterocycles. The maximum atomic E-state index is 12.2. The lowest BCUT2D eigenvalue weighted by Crippen LogP contribution is -2.47. The van der Waals surface area contributed by atoms with Crippen LogP contribution in [0.15, 0.2) is 30.3 Å². The number of ether oxygens (including phenoxy) is 1. The fraction of sp³-hybridized carbons (Fsp3) is 0.632. The minimum Gasteiger partial charge on any atom is -0.445 e. The van der Waals surface area contributed by atoms with Crippen LogP contribution in [0, 0.1) is 5.92 Å². The predicted octanol–water partition coefficient (Wildman–Crippen LogP) is 2.78. The van der Waals surface area contributed by atoms with E-state index in [1.54, 1.807) is 4.90 Å². The molecule has 0 spiro atoms. The van der Waals surface area contributed by atoms with E-state index in [-0.39, 0.29) is 12.7 Å². The first-order valence-corrected chi connectivity index (χ1v) is 8.92. The standard InChI is InChI=1S/C19H30N2O3/c1-15(2)20-18(10-13-22)17-8-11-21(12-9-17)19(23)24-14-16-6-4-3-5-7-16/h3-7,15,17-18,20,22H,8-14H2,1-2H3. The summed E-state index contributed by atoms with van der Waals surface area (Å²) >= 11 is 0. The third-order valence-electron chi connectivity index (χ3n) is 4.56. The van der Waals surface area contributed by atoms with Crippen molar-refractivity contribution >= 4 is 6.09 Å². The van der Waals surface area contributed by atoms with Gasteiger partial charge >= 0.3 is 6.09 Å². The van der Waals surface area contributed by atoms with Gasteiger partial charge in [0.25, 0.3) is 0 Å². The van der Waals surface area contributed by atoms with Gasteiger partial charge in [-0.25, -0.2) is 4.79 Å². The van der Waals surface area contributed by atoms with E-state index in [0.29, 0.717) is 24.6 Å². The molecule has 2 N–H and O–H groups in total. The van der Waals surface area contributed by atoms with Crippen LogP contribution in [0.1, 0.15) is 38.7 Å². The average Bonchev–Trinajstić information content (AvgIpc) is 2.60. The van der Waals surface area contributed by atoms with E-state index in [1.807, 2.05) is 30.3 Å². The van der Waals surface area contributed by atoms with Gasteiger partial charge in [-0.15, -0.1) is 0 Å². The number of amides is 1. The topological polar surface area (TPSA) is 61.8 Å². The first-order valence-electron chi connectivity index (χ1n) is 8.92. The van der Waals surface area contributed by atoms with Crippen molar-refractivity contribution in [1.82, 2.24) is 10.2 Å². The number of rotatable bonds is 7. The normalized spacial score (nSPS) is 17.1. The Labute approximate surface area is 145 Å². The smallest absolute Gasteiger partial charge is 0.410 e. The van der Waals surface area contributed by atoms with E-state index >= 15 is 0 Å². The molecule has 1 amide bonds. The van der Waals surface area contributed by atoms with Gasteiger partial charge in [0, 0.05) is 31.8 Å². The summed E-state index contributed by atoms with van der Waals surface area (Å²) in [6.45, 7) is 6.21. The zero-order chi connectivity index (χ0) is 17.4. The Balaban J connectivity index is 1.77. The molecular formula is C19H30N2O3. The SMILES string of the molecule is CC(C)NC(CCO)C1CCN(C(=O)OCc2ccccc2)CC1. The van der Waals surface area contributed by atoms with Crippen LogP contribution in [-0.2, 0) is 11.3 Å². The summed E-state index contributed by atoms with van der Waals surface area (Å²) in [4.78, 5) is 14.0. The van der Waals surface area contributed by atoms with Crippen LogP contribution in [0.2, 0.25) is 0 Å². The molecule has 134 valence electrons. The maximum Gasteiger partial charge on any atom is 0.410 e. The number of hydrogen-bond donors (Lipinski definition) is 2. The highest BCUT2D eigenvalue weighted by molar-refractivity contribution is 5.67. The van der Waals surface area contributed by atoms with E-state index in [4.69, 9.17) is 4.74 Å². The molecule has 0 bridgehead atoms. The van der Waals surface area contributed by atoms with Crippen molar-refractivity contribution in [1.29, 1.82) is 0 Å². The van der Waals surface area contributed by atoms with E-state index in [9.17, 15) is 9.90 Å². The number of piperidine rings is 1. The molecule has 1 atom stereocenters. The average molecular weight is 334 g/mol. The molecule has 1 aromatic carbocycles. The van der Waals surface area contributed by atoms with Gasteiger partial charge in [-0.1, -0.05) is 44.2 Å². The Hall–Kier alpha value is -1.59. The number of aliphatic hydroxyl groups excluding tert-OH is 1. The highest BCUT2D eigenvalue weighted by Gasteiger charge is 2.29. The molecule has 1 aromatic rings. The fourth-order valence-electron chi connectivity index (χ4n) is 3.32.